The smallest absolute Gasteiger partial charge is 0.309 e. The first-order valence-corrected chi connectivity index (χ1v) is 4.45. The van der Waals surface area contributed by atoms with Crippen molar-refractivity contribution in [1.29, 1.82) is 0 Å². The van der Waals surface area contributed by atoms with Gasteiger partial charge in [-0.05, 0) is 6.54 Å². The minimum absolute atomic E-state index is 0. The normalized spacial score (nSPS) is 8.64. The third kappa shape index (κ3) is 5.39. The molecule has 82 valence electrons. The summed E-state index contributed by atoms with van der Waals surface area (Å²) in [6, 6.07) is 0. The Hall–Kier alpha value is -0.360. The lowest BCUT2D eigenvalue weighted by Gasteiger charge is -1.89. The second-order valence-corrected chi connectivity index (χ2v) is 3.28. The van der Waals surface area contributed by atoms with Gasteiger partial charge in [0.2, 0.25) is 0 Å². The first-order valence-electron chi connectivity index (χ1n) is 3.57. The van der Waals surface area contributed by atoms with Crippen molar-refractivity contribution in [2.75, 3.05) is 6.54 Å². The molecule has 0 saturated heterocycles. The molecule has 0 aromatic carbocycles. The molecule has 0 saturated carbocycles. The van der Waals surface area contributed by atoms with Gasteiger partial charge in [-0.15, -0.1) is 36.2 Å². The van der Waals surface area contributed by atoms with Crippen LogP contribution in [0, 0.1) is 0 Å². The highest BCUT2D eigenvalue weighted by molar-refractivity contribution is 7.09. The SMILES string of the molecule is Cl.Cl.NCCc1nc(CC(=O)O)cs1. The summed E-state index contributed by atoms with van der Waals surface area (Å²) in [5.74, 6) is -0.848. The maximum absolute atomic E-state index is 10.3. The minimum Gasteiger partial charge on any atom is -0.481 e. The van der Waals surface area contributed by atoms with Gasteiger partial charge < -0.3 is 10.8 Å². The van der Waals surface area contributed by atoms with Gasteiger partial charge in [0.25, 0.3) is 0 Å². The molecule has 0 aliphatic rings. The van der Waals surface area contributed by atoms with Crippen molar-refractivity contribution in [3.63, 3.8) is 0 Å². The Bertz CT molecular complexity index is 280. The average molecular weight is 259 g/mol. The molecule has 1 aromatic rings. The Kier molecular flexibility index (Phi) is 9.18. The van der Waals surface area contributed by atoms with Gasteiger partial charge in [0.15, 0.2) is 0 Å². The number of halogens is 2. The van der Waals surface area contributed by atoms with Crippen LogP contribution in [-0.4, -0.2) is 22.6 Å². The summed E-state index contributed by atoms with van der Waals surface area (Å²) in [6.45, 7) is 0.556. The van der Waals surface area contributed by atoms with Crippen LogP contribution in [0.3, 0.4) is 0 Å². The van der Waals surface area contributed by atoms with Crippen molar-refractivity contribution in [3.05, 3.63) is 16.1 Å². The Morgan fingerprint density at radius 2 is 2.21 bits per heavy atom. The molecular formula is C7H12Cl2N2O2S. The number of carboxylic acid groups (broad SMARTS) is 1. The van der Waals surface area contributed by atoms with E-state index in [-0.39, 0.29) is 31.2 Å². The summed E-state index contributed by atoms with van der Waals surface area (Å²) in [6.07, 6.45) is 0.728. The van der Waals surface area contributed by atoms with Crippen LogP contribution in [0.25, 0.3) is 0 Å². The average Bonchev–Trinajstić information content (AvgIpc) is 2.36. The highest BCUT2D eigenvalue weighted by Crippen LogP contribution is 2.10. The third-order valence-corrected chi connectivity index (χ3v) is 2.25. The first-order chi connectivity index (χ1) is 5.72. The van der Waals surface area contributed by atoms with Gasteiger partial charge in [0.05, 0.1) is 17.1 Å². The fourth-order valence-corrected chi connectivity index (χ4v) is 1.64. The van der Waals surface area contributed by atoms with Crippen LogP contribution in [0.15, 0.2) is 5.38 Å². The molecule has 0 atom stereocenters. The number of carbonyl (C=O) groups is 1. The molecule has 0 spiro atoms. The van der Waals surface area contributed by atoms with Crippen molar-refractivity contribution in [1.82, 2.24) is 4.98 Å². The number of thiazole rings is 1. The van der Waals surface area contributed by atoms with Gasteiger partial charge in [0, 0.05) is 11.8 Å². The van der Waals surface area contributed by atoms with E-state index in [0.717, 1.165) is 11.4 Å². The molecule has 4 nitrogen and oxygen atoms in total. The van der Waals surface area contributed by atoms with Crippen LogP contribution in [0.4, 0.5) is 0 Å². The zero-order valence-electron chi connectivity index (χ0n) is 7.30. The quantitative estimate of drug-likeness (QED) is 0.849. The van der Waals surface area contributed by atoms with Gasteiger partial charge in [-0.25, -0.2) is 4.98 Å². The lowest BCUT2D eigenvalue weighted by atomic mass is 10.3. The Morgan fingerprint density at radius 3 is 2.71 bits per heavy atom. The van der Waals surface area contributed by atoms with Crippen LogP contribution in [-0.2, 0) is 17.6 Å². The van der Waals surface area contributed by atoms with Crippen molar-refractivity contribution in [2.45, 2.75) is 12.8 Å². The molecule has 0 unspecified atom stereocenters. The van der Waals surface area contributed by atoms with Crippen LogP contribution < -0.4 is 5.73 Å². The number of rotatable bonds is 4. The van der Waals surface area contributed by atoms with Crippen molar-refractivity contribution in [2.24, 2.45) is 5.73 Å². The Labute approximate surface area is 98.4 Å². The van der Waals surface area contributed by atoms with E-state index in [0.29, 0.717) is 12.2 Å². The maximum Gasteiger partial charge on any atom is 0.309 e. The molecule has 3 N–H and O–H groups in total. The number of nitrogens with two attached hydrogens (primary N) is 1. The summed E-state index contributed by atoms with van der Waals surface area (Å²) in [4.78, 5) is 14.4. The number of hydrogen-bond acceptors (Lipinski definition) is 4. The lowest BCUT2D eigenvalue weighted by Crippen LogP contribution is -2.03. The third-order valence-electron chi connectivity index (χ3n) is 1.29. The number of nitrogens with zero attached hydrogens (tertiary/aromatic N) is 1. The molecule has 14 heavy (non-hydrogen) atoms. The molecule has 0 fully saturated rings. The number of carboxylic acids is 1. The summed E-state index contributed by atoms with van der Waals surface area (Å²) in [5.41, 5.74) is 5.94. The predicted octanol–water partition coefficient (Wildman–Crippen LogP) is 1.12. The minimum atomic E-state index is -0.848. The molecule has 0 radical (unpaired) electrons. The van der Waals surface area contributed by atoms with Crippen molar-refractivity contribution in [3.8, 4) is 0 Å². The van der Waals surface area contributed by atoms with Crippen molar-refractivity contribution >= 4 is 42.1 Å². The Balaban J connectivity index is 0. The summed E-state index contributed by atoms with van der Waals surface area (Å²) in [7, 11) is 0. The lowest BCUT2D eigenvalue weighted by molar-refractivity contribution is -0.136. The van der Waals surface area contributed by atoms with Gasteiger partial charge in [-0.3, -0.25) is 4.79 Å². The number of aromatic nitrogens is 1. The Morgan fingerprint density at radius 1 is 1.57 bits per heavy atom. The molecule has 0 amide bonds. The molecule has 1 rings (SSSR count). The standard InChI is InChI=1S/C7H10N2O2S.2ClH/c8-2-1-6-9-5(4-12-6)3-7(10)11;;/h4H,1-3,8H2,(H,10,11);2*1H. The van der Waals surface area contributed by atoms with Crippen LogP contribution >= 0.6 is 36.2 Å². The summed E-state index contributed by atoms with van der Waals surface area (Å²) in [5, 5.41) is 11.1. The number of hydrogen-bond donors (Lipinski definition) is 2. The molecular weight excluding hydrogens is 247 g/mol. The van der Waals surface area contributed by atoms with Gasteiger partial charge in [-0.1, -0.05) is 0 Å². The van der Waals surface area contributed by atoms with Crippen molar-refractivity contribution < 1.29 is 9.90 Å². The second kappa shape index (κ2) is 7.99. The second-order valence-electron chi connectivity index (χ2n) is 2.34. The van der Waals surface area contributed by atoms with E-state index in [1.165, 1.54) is 11.3 Å². The zero-order chi connectivity index (χ0) is 8.97. The van der Waals surface area contributed by atoms with E-state index in [4.69, 9.17) is 10.8 Å². The molecule has 0 bridgehead atoms. The summed E-state index contributed by atoms with van der Waals surface area (Å²) < 4.78 is 0. The fraction of sp³-hybridized carbons (Fsp3) is 0.429. The highest BCUT2D eigenvalue weighted by Gasteiger charge is 2.04. The monoisotopic (exact) mass is 258 g/mol. The van der Waals surface area contributed by atoms with E-state index in [9.17, 15) is 4.79 Å². The first kappa shape index (κ1) is 16.1. The van der Waals surface area contributed by atoms with E-state index in [1.807, 2.05) is 0 Å². The van der Waals surface area contributed by atoms with Gasteiger partial charge >= 0.3 is 5.97 Å². The van der Waals surface area contributed by atoms with Gasteiger partial charge in [-0.2, -0.15) is 0 Å². The summed E-state index contributed by atoms with van der Waals surface area (Å²) >= 11 is 1.46. The number of aliphatic carboxylic acids is 1. The zero-order valence-corrected chi connectivity index (χ0v) is 9.75. The topological polar surface area (TPSA) is 76.2 Å². The van der Waals surface area contributed by atoms with Crippen LogP contribution in [0.5, 0.6) is 0 Å². The fourth-order valence-electron chi connectivity index (χ4n) is 0.823. The van der Waals surface area contributed by atoms with E-state index in [2.05, 4.69) is 4.98 Å². The highest BCUT2D eigenvalue weighted by atomic mass is 35.5. The molecule has 0 aliphatic carbocycles. The van der Waals surface area contributed by atoms with Crippen LogP contribution in [0.2, 0.25) is 0 Å². The largest absolute Gasteiger partial charge is 0.481 e. The molecule has 0 aliphatic heterocycles. The molecule has 1 aromatic heterocycles. The maximum atomic E-state index is 10.3. The molecule has 1 heterocycles. The van der Waals surface area contributed by atoms with E-state index < -0.39 is 5.97 Å². The van der Waals surface area contributed by atoms with E-state index in [1.54, 1.807) is 5.38 Å². The molecule has 7 heteroatoms. The van der Waals surface area contributed by atoms with Crippen LogP contribution in [0.1, 0.15) is 10.7 Å². The predicted molar refractivity (Wildman–Crippen MR) is 60.7 cm³/mol. The van der Waals surface area contributed by atoms with Gasteiger partial charge in [0.1, 0.15) is 0 Å². The van der Waals surface area contributed by atoms with E-state index >= 15 is 0 Å².